The van der Waals surface area contributed by atoms with Crippen LogP contribution in [0, 0.1) is 6.92 Å². The minimum atomic E-state index is -0.732. The molecule has 6 rings (SSSR count). The average Bonchev–Trinajstić information content (AvgIpc) is 3.59. The van der Waals surface area contributed by atoms with Crippen LogP contribution in [0.1, 0.15) is 41.1 Å². The maximum atomic E-state index is 13.6. The van der Waals surface area contributed by atoms with Gasteiger partial charge in [0.1, 0.15) is 18.1 Å². The van der Waals surface area contributed by atoms with Gasteiger partial charge in [-0.2, -0.15) is 0 Å². The number of carbonyl (C=O) groups excluding carboxylic acids is 2. The van der Waals surface area contributed by atoms with Gasteiger partial charge in [0.05, 0.1) is 17.7 Å². The molecule has 2 heterocycles. The molecule has 0 bridgehead atoms. The fourth-order valence-corrected chi connectivity index (χ4v) is 5.74. The van der Waals surface area contributed by atoms with Crippen molar-refractivity contribution in [2.75, 3.05) is 13.2 Å². The fraction of sp³-hybridized carbons (Fsp3) is 0.235. The summed E-state index contributed by atoms with van der Waals surface area (Å²) in [6, 6.07) is 28.2. The van der Waals surface area contributed by atoms with Gasteiger partial charge in [0.15, 0.2) is 0 Å². The standard InChI is InChI=1S/C34H31NO5/c1-22-19-25(16-17-29(22)40-21-23-9-3-2-4-10-23)32(36)30-31(28-15-7-12-24-11-5-6-14-27(24)28)35(34(38)33(30)37)20-26-13-8-18-39-26/h2-7,9-12,14-17,19,26,31,36H,8,13,18,20-21H2,1H3/b32-30-. The molecule has 6 nitrogen and oxygen atoms in total. The summed E-state index contributed by atoms with van der Waals surface area (Å²) < 4.78 is 11.8. The third-order valence-electron chi connectivity index (χ3n) is 7.77. The fourth-order valence-electron chi connectivity index (χ4n) is 5.74. The number of ketones is 1. The van der Waals surface area contributed by atoms with Crippen LogP contribution in [0.25, 0.3) is 16.5 Å². The minimum absolute atomic E-state index is 0.0942. The molecule has 1 amide bonds. The molecule has 2 aliphatic heterocycles. The van der Waals surface area contributed by atoms with Crippen LogP contribution >= 0.6 is 0 Å². The molecule has 2 atom stereocenters. The lowest BCUT2D eigenvalue weighted by Crippen LogP contribution is -2.36. The number of benzene rings is 4. The van der Waals surface area contributed by atoms with Gasteiger partial charge in [-0.3, -0.25) is 9.59 Å². The Morgan fingerprint density at radius 3 is 2.52 bits per heavy atom. The van der Waals surface area contributed by atoms with E-state index in [1.165, 1.54) is 0 Å². The molecule has 2 unspecified atom stereocenters. The summed E-state index contributed by atoms with van der Waals surface area (Å²) in [6.45, 7) is 3.25. The molecular formula is C34H31NO5. The molecule has 202 valence electrons. The van der Waals surface area contributed by atoms with Crippen molar-refractivity contribution < 1.29 is 24.2 Å². The van der Waals surface area contributed by atoms with Crippen molar-refractivity contribution >= 4 is 28.2 Å². The Hall–Kier alpha value is -4.42. The summed E-state index contributed by atoms with van der Waals surface area (Å²) in [5.74, 6) is -0.807. The number of likely N-dealkylation sites (tertiary alicyclic amines) is 1. The van der Waals surface area contributed by atoms with Crippen LogP contribution in [0.2, 0.25) is 0 Å². The maximum Gasteiger partial charge on any atom is 0.295 e. The van der Waals surface area contributed by atoms with Crippen molar-refractivity contribution in [1.82, 2.24) is 4.90 Å². The normalized spacial score (nSPS) is 20.4. The van der Waals surface area contributed by atoms with Gasteiger partial charge >= 0.3 is 0 Å². The highest BCUT2D eigenvalue weighted by Crippen LogP contribution is 2.42. The number of aliphatic hydroxyl groups is 1. The van der Waals surface area contributed by atoms with E-state index >= 15 is 0 Å². The molecule has 1 N–H and O–H groups in total. The van der Waals surface area contributed by atoms with Gasteiger partial charge in [-0.1, -0.05) is 72.8 Å². The van der Waals surface area contributed by atoms with Crippen molar-refractivity contribution in [3.63, 3.8) is 0 Å². The van der Waals surface area contributed by atoms with E-state index in [-0.39, 0.29) is 17.4 Å². The number of nitrogens with zero attached hydrogens (tertiary/aromatic N) is 1. The van der Waals surface area contributed by atoms with Crippen molar-refractivity contribution in [3.8, 4) is 5.75 Å². The quantitative estimate of drug-likeness (QED) is 0.171. The Morgan fingerprint density at radius 1 is 0.975 bits per heavy atom. The first-order chi connectivity index (χ1) is 19.5. The molecule has 2 saturated heterocycles. The van der Waals surface area contributed by atoms with Gasteiger partial charge in [0, 0.05) is 18.7 Å². The maximum absolute atomic E-state index is 13.6. The zero-order valence-corrected chi connectivity index (χ0v) is 22.4. The number of ether oxygens (including phenoxy) is 2. The van der Waals surface area contributed by atoms with Gasteiger partial charge in [-0.05, 0) is 65.4 Å². The minimum Gasteiger partial charge on any atom is -0.507 e. The van der Waals surface area contributed by atoms with Crippen molar-refractivity contribution in [2.24, 2.45) is 0 Å². The molecule has 4 aromatic rings. The van der Waals surface area contributed by atoms with Gasteiger partial charge in [0.25, 0.3) is 11.7 Å². The molecule has 6 heteroatoms. The second kappa shape index (κ2) is 11.0. The smallest absolute Gasteiger partial charge is 0.295 e. The number of Topliss-reactive ketones (excluding diaryl/α,β-unsaturated/α-hetero) is 1. The van der Waals surface area contributed by atoms with E-state index < -0.39 is 17.7 Å². The molecule has 0 aliphatic carbocycles. The Morgan fingerprint density at radius 2 is 1.75 bits per heavy atom. The van der Waals surface area contributed by atoms with Crippen LogP contribution in [0.3, 0.4) is 0 Å². The Balaban J connectivity index is 1.41. The van der Waals surface area contributed by atoms with E-state index in [9.17, 15) is 14.7 Å². The number of rotatable bonds is 7. The highest BCUT2D eigenvalue weighted by molar-refractivity contribution is 6.46. The number of carbonyl (C=O) groups is 2. The molecular weight excluding hydrogens is 502 g/mol. The van der Waals surface area contributed by atoms with E-state index in [1.807, 2.05) is 79.7 Å². The van der Waals surface area contributed by atoms with Gasteiger partial charge < -0.3 is 19.5 Å². The molecule has 40 heavy (non-hydrogen) atoms. The Kier molecular flexibility index (Phi) is 7.10. The first kappa shape index (κ1) is 25.8. The zero-order valence-electron chi connectivity index (χ0n) is 22.4. The molecule has 2 aliphatic rings. The predicted molar refractivity (Wildman–Crippen MR) is 154 cm³/mol. The van der Waals surface area contributed by atoms with Crippen LogP contribution in [-0.2, 0) is 20.9 Å². The number of amides is 1. The van der Waals surface area contributed by atoms with E-state index in [0.717, 1.165) is 40.3 Å². The van der Waals surface area contributed by atoms with Crippen molar-refractivity contribution in [1.29, 1.82) is 0 Å². The topological polar surface area (TPSA) is 76.1 Å². The van der Waals surface area contributed by atoms with Crippen LogP contribution < -0.4 is 4.74 Å². The van der Waals surface area contributed by atoms with Gasteiger partial charge in [-0.15, -0.1) is 0 Å². The lowest BCUT2D eigenvalue weighted by atomic mass is 9.91. The largest absolute Gasteiger partial charge is 0.507 e. The van der Waals surface area contributed by atoms with E-state index in [1.54, 1.807) is 23.1 Å². The summed E-state index contributed by atoms with van der Waals surface area (Å²) in [4.78, 5) is 28.6. The Bertz CT molecular complexity index is 1600. The monoisotopic (exact) mass is 533 g/mol. The second-order valence-corrected chi connectivity index (χ2v) is 10.4. The van der Waals surface area contributed by atoms with Crippen LogP contribution in [0.4, 0.5) is 0 Å². The SMILES string of the molecule is Cc1cc(/C(O)=C2/C(=O)C(=O)N(CC3CCCO3)C2c2cccc3ccccc23)ccc1OCc1ccccc1. The molecule has 0 radical (unpaired) electrons. The van der Waals surface area contributed by atoms with Crippen molar-refractivity contribution in [2.45, 2.75) is 38.5 Å². The van der Waals surface area contributed by atoms with Crippen molar-refractivity contribution in [3.05, 3.63) is 119 Å². The number of hydrogen-bond donors (Lipinski definition) is 1. The first-order valence-electron chi connectivity index (χ1n) is 13.7. The Labute approximate surface area is 233 Å². The van der Waals surface area contributed by atoms with Crippen LogP contribution in [0.15, 0.2) is 96.6 Å². The van der Waals surface area contributed by atoms with Crippen LogP contribution in [-0.4, -0.2) is 41.0 Å². The lowest BCUT2D eigenvalue weighted by molar-refractivity contribution is -0.140. The van der Waals surface area contributed by atoms with E-state index in [2.05, 4.69) is 0 Å². The summed E-state index contributed by atoms with van der Waals surface area (Å²) in [5, 5.41) is 13.6. The molecule has 0 spiro atoms. The summed E-state index contributed by atoms with van der Waals surface area (Å²) in [6.07, 6.45) is 1.61. The number of fused-ring (bicyclic) bond motifs is 1. The highest BCUT2D eigenvalue weighted by Gasteiger charge is 2.47. The average molecular weight is 534 g/mol. The summed E-state index contributed by atoms with van der Waals surface area (Å²) in [5.41, 5.74) is 3.23. The number of aryl methyl sites for hydroxylation is 1. The van der Waals surface area contributed by atoms with E-state index in [0.29, 0.717) is 31.1 Å². The molecule has 4 aromatic carbocycles. The van der Waals surface area contributed by atoms with E-state index in [4.69, 9.17) is 9.47 Å². The molecule has 0 aromatic heterocycles. The third kappa shape index (κ3) is 4.87. The lowest BCUT2D eigenvalue weighted by Gasteiger charge is -2.28. The predicted octanol–water partition coefficient (Wildman–Crippen LogP) is 6.33. The molecule has 2 fully saturated rings. The van der Waals surface area contributed by atoms with Crippen LogP contribution in [0.5, 0.6) is 5.75 Å². The third-order valence-corrected chi connectivity index (χ3v) is 7.77. The second-order valence-electron chi connectivity index (χ2n) is 10.4. The highest BCUT2D eigenvalue weighted by atomic mass is 16.5. The summed E-state index contributed by atoms with van der Waals surface area (Å²) >= 11 is 0. The summed E-state index contributed by atoms with van der Waals surface area (Å²) in [7, 11) is 0. The first-order valence-corrected chi connectivity index (χ1v) is 13.7. The zero-order chi connectivity index (χ0) is 27.6. The number of aliphatic hydroxyl groups excluding tert-OH is 1. The number of hydrogen-bond acceptors (Lipinski definition) is 5. The molecule has 0 saturated carbocycles. The van der Waals surface area contributed by atoms with Gasteiger partial charge in [0.2, 0.25) is 0 Å². The van der Waals surface area contributed by atoms with Gasteiger partial charge in [-0.25, -0.2) is 0 Å².